The predicted octanol–water partition coefficient (Wildman–Crippen LogP) is 17.2. The molecule has 0 aromatic carbocycles. The van der Waals surface area contributed by atoms with Gasteiger partial charge in [-0.2, -0.15) is 0 Å². The number of carbonyl (C=O) groups is 1. The first-order valence-electron chi connectivity index (χ1n) is 29.6. The molecular weight excluding hydrogens is 852 g/mol. The maximum absolute atomic E-state index is 13.0. The first-order chi connectivity index (χ1) is 32.5. The van der Waals surface area contributed by atoms with Crippen LogP contribution in [0.2, 0.25) is 0 Å². The summed E-state index contributed by atoms with van der Waals surface area (Å²) in [4.78, 5) is 25.5. The van der Waals surface area contributed by atoms with Crippen molar-refractivity contribution in [3.63, 3.8) is 0 Å². The van der Waals surface area contributed by atoms with Crippen LogP contribution in [-0.2, 0) is 18.4 Å². The molecule has 9 heteroatoms. The lowest BCUT2D eigenvalue weighted by atomic mass is 10.0. The minimum Gasteiger partial charge on any atom is -0.756 e. The zero-order valence-corrected chi connectivity index (χ0v) is 46.5. The van der Waals surface area contributed by atoms with Crippen LogP contribution in [0.5, 0.6) is 0 Å². The smallest absolute Gasteiger partial charge is 0.268 e. The number of rotatable bonds is 55. The number of aliphatic hydroxyl groups excluding tert-OH is 1. The molecule has 3 atom stereocenters. The third kappa shape index (κ3) is 52.9. The van der Waals surface area contributed by atoms with Crippen LogP contribution in [0, 0.1) is 0 Å². The molecule has 0 radical (unpaired) electrons. The van der Waals surface area contributed by atoms with E-state index >= 15 is 0 Å². The highest BCUT2D eigenvalue weighted by Crippen LogP contribution is 2.38. The average molecular weight is 970 g/mol. The van der Waals surface area contributed by atoms with E-state index in [-0.39, 0.29) is 19.1 Å². The summed E-state index contributed by atoms with van der Waals surface area (Å²) in [6.45, 7) is 4.70. The van der Waals surface area contributed by atoms with Gasteiger partial charge in [0.25, 0.3) is 7.82 Å². The summed E-state index contributed by atoms with van der Waals surface area (Å²) in [5.41, 5.74) is 0. The lowest BCUT2D eigenvalue weighted by Gasteiger charge is -2.29. The third-order valence-electron chi connectivity index (χ3n) is 13.7. The van der Waals surface area contributed by atoms with Gasteiger partial charge >= 0.3 is 0 Å². The highest BCUT2D eigenvalue weighted by atomic mass is 31.2. The molecule has 0 aliphatic rings. The number of phosphoric acid groups is 1. The molecule has 0 bridgehead atoms. The standard InChI is InChI=1S/C58H117N2O6P/c1-6-8-10-12-14-16-18-20-22-24-25-26-27-28-29-30-31-32-33-34-36-38-40-42-44-46-48-50-52-58(62)59-56(55-66-67(63,64)65-54-53-60(3,4)5)57(61)51-49-47-45-43-41-39-37-35-23-21-19-17-15-13-11-9-7-2/h49,51,56-57,61H,6-48,50,52-55H2,1-5H3,(H-,59,62,63,64)/b51-49+. The van der Waals surface area contributed by atoms with E-state index in [2.05, 4.69) is 19.2 Å². The minimum absolute atomic E-state index is 0.00264. The number of phosphoric ester groups is 1. The number of aliphatic hydroxyl groups is 1. The fraction of sp³-hybridized carbons (Fsp3) is 0.948. The molecule has 0 aliphatic carbocycles. The van der Waals surface area contributed by atoms with Crippen LogP contribution in [0.1, 0.15) is 303 Å². The molecule has 2 N–H and O–H groups in total. The topological polar surface area (TPSA) is 108 Å². The largest absolute Gasteiger partial charge is 0.756 e. The molecule has 0 saturated heterocycles. The van der Waals surface area contributed by atoms with E-state index in [0.29, 0.717) is 17.4 Å². The summed E-state index contributed by atoms with van der Waals surface area (Å²) in [6, 6.07) is -0.882. The maximum Gasteiger partial charge on any atom is 0.268 e. The molecule has 0 saturated carbocycles. The molecule has 0 aliphatic heterocycles. The molecule has 8 nitrogen and oxygen atoms in total. The lowest BCUT2D eigenvalue weighted by Crippen LogP contribution is -2.45. The number of hydrogen-bond acceptors (Lipinski definition) is 6. The molecule has 1 amide bonds. The van der Waals surface area contributed by atoms with Crippen molar-refractivity contribution in [1.29, 1.82) is 0 Å². The van der Waals surface area contributed by atoms with Crippen molar-refractivity contribution < 1.29 is 32.9 Å². The Balaban J connectivity index is 4.09. The van der Waals surface area contributed by atoms with Crippen LogP contribution in [0.25, 0.3) is 0 Å². The van der Waals surface area contributed by atoms with E-state index in [4.69, 9.17) is 9.05 Å². The van der Waals surface area contributed by atoms with E-state index in [1.807, 2.05) is 27.2 Å². The number of allylic oxidation sites excluding steroid dienone is 1. The molecule has 67 heavy (non-hydrogen) atoms. The summed E-state index contributed by atoms with van der Waals surface area (Å²) in [7, 11) is 1.28. The Hall–Kier alpha value is -0.760. The van der Waals surface area contributed by atoms with Gasteiger partial charge in [0.05, 0.1) is 39.9 Å². The number of nitrogens with one attached hydrogen (secondary N) is 1. The minimum atomic E-state index is -4.59. The first-order valence-corrected chi connectivity index (χ1v) is 31.0. The van der Waals surface area contributed by atoms with Crippen molar-refractivity contribution in [2.75, 3.05) is 40.9 Å². The van der Waals surface area contributed by atoms with Gasteiger partial charge in [0.2, 0.25) is 5.91 Å². The Morgan fingerprint density at radius 3 is 1.12 bits per heavy atom. The summed E-state index contributed by atoms with van der Waals surface area (Å²) in [5, 5.41) is 13.9. The van der Waals surface area contributed by atoms with Gasteiger partial charge in [0, 0.05) is 6.42 Å². The molecule has 0 fully saturated rings. The number of amides is 1. The highest BCUT2D eigenvalue weighted by Gasteiger charge is 2.23. The first kappa shape index (κ1) is 66.2. The molecule has 0 spiro atoms. The molecule has 3 unspecified atom stereocenters. The van der Waals surface area contributed by atoms with Crippen LogP contribution >= 0.6 is 7.82 Å². The normalized spacial score (nSPS) is 14.0. The maximum atomic E-state index is 13.0. The quantitative estimate of drug-likeness (QED) is 0.0272. The van der Waals surface area contributed by atoms with Crippen molar-refractivity contribution in [2.45, 2.75) is 315 Å². The Morgan fingerprint density at radius 2 is 0.806 bits per heavy atom. The number of nitrogens with zero attached hydrogens (tertiary/aromatic N) is 1. The molecular formula is C58H117N2O6P. The van der Waals surface area contributed by atoms with E-state index in [0.717, 1.165) is 38.5 Å². The highest BCUT2D eigenvalue weighted by molar-refractivity contribution is 7.45. The number of hydrogen-bond donors (Lipinski definition) is 2. The van der Waals surface area contributed by atoms with E-state index in [9.17, 15) is 19.4 Å². The van der Waals surface area contributed by atoms with Crippen molar-refractivity contribution in [1.82, 2.24) is 5.32 Å². The zero-order valence-electron chi connectivity index (χ0n) is 45.6. The third-order valence-corrected chi connectivity index (χ3v) is 14.7. The predicted molar refractivity (Wildman–Crippen MR) is 289 cm³/mol. The van der Waals surface area contributed by atoms with Gasteiger partial charge in [-0.15, -0.1) is 0 Å². The van der Waals surface area contributed by atoms with Crippen LogP contribution in [0.15, 0.2) is 12.2 Å². The lowest BCUT2D eigenvalue weighted by molar-refractivity contribution is -0.870. The molecule has 0 heterocycles. The zero-order chi connectivity index (χ0) is 49.2. The molecule has 0 aromatic heterocycles. The van der Waals surface area contributed by atoms with E-state index < -0.39 is 20.0 Å². The number of unbranched alkanes of at least 4 members (excludes halogenated alkanes) is 42. The van der Waals surface area contributed by atoms with E-state index in [1.54, 1.807) is 6.08 Å². The van der Waals surface area contributed by atoms with Crippen LogP contribution in [-0.4, -0.2) is 68.5 Å². The van der Waals surface area contributed by atoms with Crippen LogP contribution < -0.4 is 10.2 Å². The van der Waals surface area contributed by atoms with E-state index in [1.165, 1.54) is 244 Å². The summed E-state index contributed by atoms with van der Waals surface area (Å²) < 4.78 is 23.4. The summed E-state index contributed by atoms with van der Waals surface area (Å²) >= 11 is 0. The second-order valence-electron chi connectivity index (χ2n) is 21.7. The van der Waals surface area contributed by atoms with Crippen molar-refractivity contribution in [3.8, 4) is 0 Å². The van der Waals surface area contributed by atoms with Gasteiger partial charge in [0.15, 0.2) is 0 Å². The van der Waals surface area contributed by atoms with Gasteiger partial charge in [0.1, 0.15) is 13.2 Å². The van der Waals surface area contributed by atoms with Crippen molar-refractivity contribution in [3.05, 3.63) is 12.2 Å². The van der Waals surface area contributed by atoms with Gasteiger partial charge in [-0.05, 0) is 19.3 Å². The van der Waals surface area contributed by atoms with Gasteiger partial charge in [-0.25, -0.2) is 0 Å². The van der Waals surface area contributed by atoms with Gasteiger partial charge in [-0.3, -0.25) is 9.36 Å². The number of likely N-dealkylation sites (N-methyl/N-ethyl adjacent to an activating group) is 1. The van der Waals surface area contributed by atoms with Gasteiger partial charge < -0.3 is 28.8 Å². The van der Waals surface area contributed by atoms with Crippen LogP contribution in [0.3, 0.4) is 0 Å². The van der Waals surface area contributed by atoms with Crippen LogP contribution in [0.4, 0.5) is 0 Å². The second-order valence-corrected chi connectivity index (χ2v) is 23.1. The average Bonchev–Trinajstić information content (AvgIpc) is 3.29. The molecule has 400 valence electrons. The SMILES string of the molecule is CCCCCCCCCCCCCCCCC/C=C/C(O)C(COP(=O)([O-])OCC[N+](C)(C)C)NC(=O)CCCCCCCCCCCCCCCCCCCCCCCCCCCCCC. The van der Waals surface area contributed by atoms with Crippen molar-refractivity contribution in [2.24, 2.45) is 0 Å². The molecule has 0 rings (SSSR count). The van der Waals surface area contributed by atoms with Gasteiger partial charge in [-0.1, -0.05) is 289 Å². The Labute approximate surface area is 418 Å². The second kappa shape index (κ2) is 50.2. The summed E-state index contributed by atoms with van der Waals surface area (Å²) in [6.07, 6.45) is 61.5. The Kier molecular flexibility index (Phi) is 49.6. The Bertz CT molecular complexity index is 1100. The fourth-order valence-corrected chi connectivity index (χ4v) is 9.82. The number of carbonyl (C=O) groups excluding carboxylic acids is 1. The Morgan fingerprint density at radius 1 is 0.507 bits per heavy atom. The number of quaternary nitrogens is 1. The molecule has 0 aromatic rings. The monoisotopic (exact) mass is 969 g/mol. The fourth-order valence-electron chi connectivity index (χ4n) is 9.10. The van der Waals surface area contributed by atoms with Crippen molar-refractivity contribution >= 4 is 13.7 Å². The summed E-state index contributed by atoms with van der Waals surface area (Å²) in [5.74, 6) is -0.190.